The van der Waals surface area contributed by atoms with Gasteiger partial charge in [-0.25, -0.2) is 0 Å². The summed E-state index contributed by atoms with van der Waals surface area (Å²) in [5.41, 5.74) is 2.24. The maximum Gasteiger partial charge on any atom is 0.249 e. The summed E-state index contributed by atoms with van der Waals surface area (Å²) in [4.78, 5) is 43.1. The van der Waals surface area contributed by atoms with Crippen molar-refractivity contribution in [2.75, 3.05) is 14.1 Å². The molecule has 0 unspecified atom stereocenters. The topological polar surface area (TPSA) is 120 Å². The lowest BCUT2D eigenvalue weighted by atomic mass is 9.95. The monoisotopic (exact) mass is 584 g/mol. The standard InChI is InChI=1S/C34H40N4O5/c1-22(2)31-29(37-32(40)27(38(3)4)21-24-11-7-5-8-12-24)34(42)36-28(30(39)25-13-9-6-10-14-25)33(41)35-20-19-23-15-17-26(43-31)18-16-23/h5-20,22,27-31,39H,21H2,1-4H3,(H,35,41)(H,36,42)(H,37,40)/b20-19-/t27-,28-,29-,30+,31-/m0/s1. The van der Waals surface area contributed by atoms with E-state index in [0.717, 1.165) is 11.1 Å². The summed E-state index contributed by atoms with van der Waals surface area (Å²) in [5, 5.41) is 19.6. The molecule has 2 bridgehead atoms. The summed E-state index contributed by atoms with van der Waals surface area (Å²) in [6.45, 7) is 3.79. The Hall–Kier alpha value is -4.47. The van der Waals surface area contributed by atoms with Gasteiger partial charge in [0.2, 0.25) is 17.7 Å². The van der Waals surface area contributed by atoms with Gasteiger partial charge in [0.15, 0.2) is 0 Å². The van der Waals surface area contributed by atoms with Crippen molar-refractivity contribution in [2.24, 2.45) is 5.92 Å². The Balaban J connectivity index is 1.72. The zero-order chi connectivity index (χ0) is 30.9. The molecule has 9 heteroatoms. The average molecular weight is 585 g/mol. The van der Waals surface area contributed by atoms with E-state index in [1.807, 2.05) is 70.4 Å². The number of fused-ring (bicyclic) bond motifs is 10. The summed E-state index contributed by atoms with van der Waals surface area (Å²) in [6.07, 6.45) is 1.44. The highest BCUT2D eigenvalue weighted by Crippen LogP contribution is 2.22. The molecule has 0 radical (unpaired) electrons. The number of aliphatic hydroxyl groups is 1. The first-order valence-electron chi connectivity index (χ1n) is 14.4. The van der Waals surface area contributed by atoms with Gasteiger partial charge in [0.1, 0.15) is 30.0 Å². The van der Waals surface area contributed by atoms with Crippen molar-refractivity contribution in [3.05, 3.63) is 108 Å². The lowest BCUT2D eigenvalue weighted by molar-refractivity contribution is -0.137. The van der Waals surface area contributed by atoms with Crippen LogP contribution in [0.4, 0.5) is 0 Å². The van der Waals surface area contributed by atoms with Gasteiger partial charge >= 0.3 is 0 Å². The Bertz CT molecular complexity index is 1390. The number of nitrogens with zero attached hydrogens (tertiary/aromatic N) is 1. The molecule has 0 spiro atoms. The second kappa shape index (κ2) is 14.6. The molecule has 0 fully saturated rings. The third-order valence-electron chi connectivity index (χ3n) is 7.45. The molecule has 0 aromatic heterocycles. The van der Waals surface area contributed by atoms with Gasteiger partial charge in [-0.15, -0.1) is 0 Å². The van der Waals surface area contributed by atoms with Gasteiger partial charge in [-0.1, -0.05) is 86.6 Å². The molecule has 0 saturated heterocycles. The van der Waals surface area contributed by atoms with Crippen molar-refractivity contribution >= 4 is 23.8 Å². The highest BCUT2D eigenvalue weighted by atomic mass is 16.5. The Morgan fingerprint density at radius 2 is 1.56 bits per heavy atom. The molecule has 4 N–H and O–H groups in total. The molecular weight excluding hydrogens is 544 g/mol. The zero-order valence-corrected chi connectivity index (χ0v) is 24.9. The number of amides is 3. The molecule has 0 aliphatic carbocycles. The first-order valence-corrected chi connectivity index (χ1v) is 14.4. The van der Waals surface area contributed by atoms with Crippen LogP contribution in [0.25, 0.3) is 6.08 Å². The zero-order valence-electron chi connectivity index (χ0n) is 24.9. The Morgan fingerprint density at radius 3 is 2.16 bits per heavy atom. The second-order valence-corrected chi connectivity index (χ2v) is 11.2. The maximum atomic E-state index is 14.1. The highest BCUT2D eigenvalue weighted by molar-refractivity contribution is 5.94. The van der Waals surface area contributed by atoms with Crippen LogP contribution in [0.1, 0.15) is 36.6 Å². The third kappa shape index (κ3) is 8.30. The predicted octanol–water partition coefficient (Wildman–Crippen LogP) is 3.07. The van der Waals surface area contributed by atoms with Gasteiger partial charge in [-0.3, -0.25) is 19.3 Å². The van der Waals surface area contributed by atoms with Crippen molar-refractivity contribution in [2.45, 2.75) is 50.6 Å². The van der Waals surface area contributed by atoms with Crippen molar-refractivity contribution in [1.29, 1.82) is 0 Å². The predicted molar refractivity (Wildman–Crippen MR) is 166 cm³/mol. The van der Waals surface area contributed by atoms with Crippen LogP contribution in [0, 0.1) is 5.92 Å². The third-order valence-corrected chi connectivity index (χ3v) is 7.45. The molecule has 5 atom stereocenters. The lowest BCUT2D eigenvalue weighted by Gasteiger charge is -2.34. The normalized spacial score (nSPS) is 21.2. The van der Waals surface area contributed by atoms with Crippen molar-refractivity contribution in [3.63, 3.8) is 0 Å². The number of ether oxygens (including phenoxy) is 1. The van der Waals surface area contributed by atoms with Crippen LogP contribution in [0.15, 0.2) is 91.1 Å². The van der Waals surface area contributed by atoms with Gasteiger partial charge in [-0.05, 0) is 61.3 Å². The number of aliphatic hydroxyl groups excluding tert-OH is 1. The number of likely N-dealkylation sites (N-methyl/N-ethyl adjacent to an activating group) is 1. The minimum atomic E-state index is -1.36. The van der Waals surface area contributed by atoms with E-state index in [1.165, 1.54) is 6.20 Å². The van der Waals surface area contributed by atoms with Crippen molar-refractivity contribution in [1.82, 2.24) is 20.9 Å². The van der Waals surface area contributed by atoms with Crippen LogP contribution < -0.4 is 20.7 Å². The fourth-order valence-electron chi connectivity index (χ4n) is 4.98. The van der Waals surface area contributed by atoms with Gasteiger partial charge < -0.3 is 25.8 Å². The van der Waals surface area contributed by atoms with E-state index in [9.17, 15) is 19.5 Å². The molecule has 2 aliphatic rings. The largest absolute Gasteiger partial charge is 0.487 e. The van der Waals surface area contributed by atoms with Crippen LogP contribution in [0.2, 0.25) is 0 Å². The first kappa shape index (κ1) is 31.5. The number of carbonyl (C=O) groups is 3. The van der Waals surface area contributed by atoms with Gasteiger partial charge in [0, 0.05) is 6.20 Å². The molecule has 9 nitrogen and oxygen atoms in total. The fraction of sp³-hybridized carbons (Fsp3) is 0.324. The molecule has 3 amide bonds. The summed E-state index contributed by atoms with van der Waals surface area (Å²) >= 11 is 0. The molecule has 226 valence electrons. The maximum absolute atomic E-state index is 14.1. The molecule has 2 aliphatic heterocycles. The van der Waals surface area contributed by atoms with E-state index >= 15 is 0 Å². The van der Waals surface area contributed by atoms with Gasteiger partial charge in [-0.2, -0.15) is 0 Å². The molecular formula is C34H40N4O5. The molecule has 3 aromatic carbocycles. The van der Waals surface area contributed by atoms with Crippen molar-refractivity contribution in [3.8, 4) is 5.75 Å². The van der Waals surface area contributed by atoms with E-state index < -0.39 is 42.1 Å². The van der Waals surface area contributed by atoms with Crippen LogP contribution in [-0.4, -0.2) is 66.1 Å². The summed E-state index contributed by atoms with van der Waals surface area (Å²) in [7, 11) is 3.62. The summed E-state index contributed by atoms with van der Waals surface area (Å²) in [5.74, 6) is -1.33. The van der Waals surface area contributed by atoms with Crippen LogP contribution in [0.5, 0.6) is 5.75 Å². The second-order valence-electron chi connectivity index (χ2n) is 11.2. The first-order chi connectivity index (χ1) is 20.6. The quantitative estimate of drug-likeness (QED) is 0.323. The number of rotatable bonds is 8. The van der Waals surface area contributed by atoms with Crippen LogP contribution in [0.3, 0.4) is 0 Å². The minimum absolute atomic E-state index is 0.221. The van der Waals surface area contributed by atoms with E-state index in [-0.39, 0.29) is 11.8 Å². The Morgan fingerprint density at radius 1 is 0.930 bits per heavy atom. The van der Waals surface area contributed by atoms with Crippen LogP contribution in [-0.2, 0) is 20.8 Å². The molecule has 0 saturated carbocycles. The molecule has 2 heterocycles. The highest BCUT2D eigenvalue weighted by Gasteiger charge is 2.39. The van der Waals surface area contributed by atoms with Crippen LogP contribution >= 0.6 is 0 Å². The smallest absolute Gasteiger partial charge is 0.249 e. The molecule has 43 heavy (non-hydrogen) atoms. The van der Waals surface area contributed by atoms with E-state index in [2.05, 4.69) is 16.0 Å². The number of carbonyl (C=O) groups excluding carboxylic acids is 3. The molecule has 3 aromatic rings. The molecule has 5 rings (SSSR count). The number of nitrogens with one attached hydrogen (secondary N) is 3. The number of hydrogen-bond donors (Lipinski definition) is 4. The van der Waals surface area contributed by atoms with Gasteiger partial charge in [0.25, 0.3) is 0 Å². The number of hydrogen-bond acceptors (Lipinski definition) is 6. The average Bonchev–Trinajstić information content (AvgIpc) is 3.00. The number of benzene rings is 3. The van der Waals surface area contributed by atoms with E-state index in [4.69, 9.17) is 4.74 Å². The fourth-order valence-corrected chi connectivity index (χ4v) is 4.98. The summed E-state index contributed by atoms with van der Waals surface area (Å²) in [6, 6.07) is 22.3. The summed E-state index contributed by atoms with van der Waals surface area (Å²) < 4.78 is 6.35. The van der Waals surface area contributed by atoms with Gasteiger partial charge in [0.05, 0.1) is 6.04 Å². The Labute approximate surface area is 252 Å². The lowest BCUT2D eigenvalue weighted by Crippen LogP contribution is -2.62. The van der Waals surface area contributed by atoms with Crippen molar-refractivity contribution < 1.29 is 24.2 Å². The Kier molecular flexibility index (Phi) is 10.7. The SMILES string of the molecule is CC(C)[C@@H]1Oc2ccc(cc2)/C=C\NC(=O)[C@H]([C@H](O)c2ccccc2)NC(=O)[C@H]1NC(=O)[C@H](Cc1ccccc1)N(C)C. The van der Waals surface area contributed by atoms with E-state index in [0.29, 0.717) is 17.7 Å². The van der Waals surface area contributed by atoms with E-state index in [1.54, 1.807) is 53.4 Å². The minimum Gasteiger partial charge on any atom is -0.487 e.